The maximum atomic E-state index is 14.0. The Balaban J connectivity index is 1.38. The van der Waals surface area contributed by atoms with Gasteiger partial charge in [0.15, 0.2) is 0 Å². The molecule has 0 fully saturated rings. The summed E-state index contributed by atoms with van der Waals surface area (Å²) in [7, 11) is 0. The van der Waals surface area contributed by atoms with Crippen LogP contribution >= 0.6 is 0 Å². The lowest BCUT2D eigenvalue weighted by molar-refractivity contribution is 0.0473. The SMILES string of the molecule is O=C(OCc1ccc(F)c2cccnc12)c1cccc(N2C(=O)c3ccccc3C2=O)c1. The molecule has 1 aliphatic rings. The van der Waals surface area contributed by atoms with Crippen LogP contribution in [0.1, 0.15) is 36.6 Å². The van der Waals surface area contributed by atoms with Crippen molar-refractivity contribution in [2.45, 2.75) is 6.61 Å². The first-order valence-electron chi connectivity index (χ1n) is 9.82. The molecular formula is C25H15FN2O4. The van der Waals surface area contributed by atoms with Gasteiger partial charge in [-0.25, -0.2) is 14.1 Å². The molecule has 0 aliphatic carbocycles. The first-order chi connectivity index (χ1) is 15.5. The lowest BCUT2D eigenvalue weighted by atomic mass is 10.1. The molecule has 5 rings (SSSR count). The Morgan fingerprint density at radius 2 is 1.66 bits per heavy atom. The van der Waals surface area contributed by atoms with E-state index in [1.54, 1.807) is 54.7 Å². The van der Waals surface area contributed by atoms with Crippen molar-refractivity contribution in [2.75, 3.05) is 4.90 Å². The molecule has 0 radical (unpaired) electrons. The molecule has 4 aromatic rings. The van der Waals surface area contributed by atoms with Gasteiger partial charge in [-0.2, -0.15) is 0 Å². The van der Waals surface area contributed by atoms with Crippen LogP contribution < -0.4 is 4.90 Å². The van der Waals surface area contributed by atoms with E-state index in [9.17, 15) is 18.8 Å². The van der Waals surface area contributed by atoms with E-state index in [2.05, 4.69) is 4.98 Å². The van der Waals surface area contributed by atoms with Gasteiger partial charge in [0.05, 0.1) is 27.9 Å². The quantitative estimate of drug-likeness (QED) is 0.354. The average molecular weight is 426 g/mol. The molecule has 6 nitrogen and oxygen atoms in total. The Morgan fingerprint density at radius 1 is 0.906 bits per heavy atom. The zero-order chi connectivity index (χ0) is 22.2. The smallest absolute Gasteiger partial charge is 0.338 e. The number of hydrogen-bond acceptors (Lipinski definition) is 5. The van der Waals surface area contributed by atoms with E-state index in [4.69, 9.17) is 4.74 Å². The maximum Gasteiger partial charge on any atom is 0.338 e. The monoisotopic (exact) mass is 426 g/mol. The minimum Gasteiger partial charge on any atom is -0.457 e. The summed E-state index contributed by atoms with van der Waals surface area (Å²) in [4.78, 5) is 43.3. The van der Waals surface area contributed by atoms with Gasteiger partial charge in [0, 0.05) is 17.1 Å². The van der Waals surface area contributed by atoms with E-state index >= 15 is 0 Å². The highest BCUT2D eigenvalue weighted by atomic mass is 19.1. The second kappa shape index (κ2) is 7.70. The van der Waals surface area contributed by atoms with Crippen LogP contribution in [-0.4, -0.2) is 22.8 Å². The van der Waals surface area contributed by atoms with Gasteiger partial charge in [0.2, 0.25) is 0 Å². The molecule has 32 heavy (non-hydrogen) atoms. The van der Waals surface area contributed by atoms with Gasteiger partial charge < -0.3 is 4.74 Å². The number of fused-ring (bicyclic) bond motifs is 2. The van der Waals surface area contributed by atoms with Gasteiger partial charge in [-0.3, -0.25) is 14.6 Å². The summed E-state index contributed by atoms with van der Waals surface area (Å²) in [5, 5.41) is 0.341. The number of esters is 1. The van der Waals surface area contributed by atoms with Crippen molar-refractivity contribution < 1.29 is 23.5 Å². The van der Waals surface area contributed by atoms with E-state index < -0.39 is 23.6 Å². The predicted molar refractivity (Wildman–Crippen MR) is 115 cm³/mol. The zero-order valence-corrected chi connectivity index (χ0v) is 16.6. The molecule has 0 N–H and O–H groups in total. The Labute approximate surface area is 181 Å². The largest absolute Gasteiger partial charge is 0.457 e. The summed E-state index contributed by atoms with van der Waals surface area (Å²) in [5.41, 5.74) is 2.08. The van der Waals surface area contributed by atoms with Crippen LogP contribution in [0, 0.1) is 5.82 Å². The minimum absolute atomic E-state index is 0.107. The van der Waals surface area contributed by atoms with E-state index in [1.807, 2.05) is 0 Å². The van der Waals surface area contributed by atoms with Crippen LogP contribution in [-0.2, 0) is 11.3 Å². The van der Waals surface area contributed by atoms with Crippen molar-refractivity contribution in [1.82, 2.24) is 4.98 Å². The van der Waals surface area contributed by atoms with Gasteiger partial charge in [-0.05, 0) is 48.5 Å². The number of carbonyl (C=O) groups excluding carboxylic acids is 3. The molecule has 156 valence electrons. The van der Waals surface area contributed by atoms with Crippen molar-refractivity contribution in [2.24, 2.45) is 0 Å². The molecule has 2 amide bonds. The van der Waals surface area contributed by atoms with Crippen LogP contribution in [0.2, 0.25) is 0 Å². The van der Waals surface area contributed by atoms with Crippen LogP contribution in [0.4, 0.5) is 10.1 Å². The molecule has 0 unspecified atom stereocenters. The molecular weight excluding hydrogens is 411 g/mol. The number of pyridine rings is 1. The molecule has 1 aromatic heterocycles. The number of aromatic nitrogens is 1. The van der Waals surface area contributed by atoms with Crippen molar-refractivity contribution in [3.05, 3.63) is 107 Å². The van der Waals surface area contributed by atoms with Crippen molar-refractivity contribution in [1.29, 1.82) is 0 Å². The zero-order valence-electron chi connectivity index (χ0n) is 16.6. The first kappa shape index (κ1) is 19.6. The highest BCUT2D eigenvalue weighted by Crippen LogP contribution is 2.29. The molecule has 0 bridgehead atoms. The Bertz CT molecular complexity index is 1380. The Kier molecular flexibility index (Phi) is 4.71. The molecule has 0 saturated carbocycles. The summed E-state index contributed by atoms with van der Waals surface area (Å²) in [5.74, 6) is -1.94. The lowest BCUT2D eigenvalue weighted by Gasteiger charge is -2.15. The number of amides is 2. The first-order valence-corrected chi connectivity index (χ1v) is 9.82. The fourth-order valence-electron chi connectivity index (χ4n) is 3.74. The molecule has 0 spiro atoms. The van der Waals surface area contributed by atoms with E-state index in [-0.39, 0.29) is 17.9 Å². The Morgan fingerprint density at radius 3 is 2.41 bits per heavy atom. The summed E-state index contributed by atoms with van der Waals surface area (Å²) in [6.07, 6.45) is 1.54. The lowest BCUT2D eigenvalue weighted by Crippen LogP contribution is -2.29. The number of anilines is 1. The number of ether oxygens (including phenoxy) is 1. The highest BCUT2D eigenvalue weighted by Gasteiger charge is 2.36. The standard InChI is InChI=1S/C25H15FN2O4/c26-21-11-10-16(22-20(21)9-4-12-27-22)14-32-25(31)15-5-3-6-17(13-15)28-23(29)18-7-1-2-8-19(18)24(28)30/h1-13H,14H2. The number of halogens is 1. The van der Waals surface area contributed by atoms with Gasteiger partial charge in [-0.1, -0.05) is 24.3 Å². The van der Waals surface area contributed by atoms with Gasteiger partial charge in [0.25, 0.3) is 11.8 Å². The number of carbonyl (C=O) groups is 3. The topological polar surface area (TPSA) is 76.6 Å². The van der Waals surface area contributed by atoms with Crippen LogP contribution in [0.25, 0.3) is 10.9 Å². The van der Waals surface area contributed by atoms with E-state index in [1.165, 1.54) is 24.3 Å². The summed E-state index contributed by atoms with van der Waals surface area (Å²) in [6, 6.07) is 18.7. The van der Waals surface area contributed by atoms with Crippen molar-refractivity contribution >= 4 is 34.4 Å². The van der Waals surface area contributed by atoms with Gasteiger partial charge >= 0.3 is 5.97 Å². The average Bonchev–Trinajstić information content (AvgIpc) is 3.09. The normalized spacial score (nSPS) is 12.8. The number of benzene rings is 3. The molecule has 2 heterocycles. The molecule has 7 heteroatoms. The molecule has 1 aliphatic heterocycles. The predicted octanol–water partition coefficient (Wildman–Crippen LogP) is 4.53. The number of hydrogen-bond donors (Lipinski definition) is 0. The Hall–Kier alpha value is -4.39. The third kappa shape index (κ3) is 3.20. The number of rotatable bonds is 4. The van der Waals surface area contributed by atoms with Crippen molar-refractivity contribution in [3.63, 3.8) is 0 Å². The third-order valence-electron chi connectivity index (χ3n) is 5.29. The molecule has 3 aromatic carbocycles. The van der Waals surface area contributed by atoms with Crippen LogP contribution in [0.3, 0.4) is 0 Å². The van der Waals surface area contributed by atoms with Crippen LogP contribution in [0.5, 0.6) is 0 Å². The summed E-state index contributed by atoms with van der Waals surface area (Å²) >= 11 is 0. The summed E-state index contributed by atoms with van der Waals surface area (Å²) in [6.45, 7) is -0.107. The summed E-state index contributed by atoms with van der Waals surface area (Å²) < 4.78 is 19.4. The van der Waals surface area contributed by atoms with Crippen LogP contribution in [0.15, 0.2) is 79.0 Å². The number of imide groups is 1. The fraction of sp³-hybridized carbons (Fsp3) is 0.0400. The maximum absolute atomic E-state index is 14.0. The molecule has 0 atom stereocenters. The second-order valence-electron chi connectivity index (χ2n) is 7.22. The number of nitrogens with zero attached hydrogens (tertiary/aromatic N) is 2. The highest BCUT2D eigenvalue weighted by molar-refractivity contribution is 6.34. The fourth-order valence-corrected chi connectivity index (χ4v) is 3.74. The van der Waals surface area contributed by atoms with Gasteiger partial charge in [0.1, 0.15) is 12.4 Å². The third-order valence-corrected chi connectivity index (χ3v) is 5.29. The van der Waals surface area contributed by atoms with Crippen molar-refractivity contribution in [3.8, 4) is 0 Å². The minimum atomic E-state index is -0.642. The second-order valence-corrected chi connectivity index (χ2v) is 7.22. The van der Waals surface area contributed by atoms with Gasteiger partial charge in [-0.15, -0.1) is 0 Å². The molecule has 0 saturated heterocycles. The van der Waals surface area contributed by atoms with E-state index in [0.29, 0.717) is 27.6 Å². The van der Waals surface area contributed by atoms with E-state index in [0.717, 1.165) is 4.90 Å².